The monoisotopic (exact) mass is 282 g/mol. The minimum absolute atomic E-state index is 0.181. The quantitative estimate of drug-likeness (QED) is 0.765. The number of fused-ring (bicyclic) bond motifs is 1. The number of aromatic amines is 1. The van der Waals surface area contributed by atoms with Gasteiger partial charge < -0.3 is 9.73 Å². The zero-order valence-electron chi connectivity index (χ0n) is 12.4. The Bertz CT molecular complexity index is 845. The van der Waals surface area contributed by atoms with Gasteiger partial charge in [-0.2, -0.15) is 0 Å². The number of aryl methyl sites for hydroxylation is 2. The Labute approximate surface area is 122 Å². The van der Waals surface area contributed by atoms with E-state index < -0.39 is 5.76 Å². The molecule has 3 rings (SSSR count). The second kappa shape index (κ2) is 5.13. The summed E-state index contributed by atoms with van der Waals surface area (Å²) < 4.78 is 5.00. The lowest BCUT2D eigenvalue weighted by atomic mass is 10.0. The van der Waals surface area contributed by atoms with Gasteiger partial charge in [-0.3, -0.25) is 4.98 Å². The molecule has 0 radical (unpaired) electrons. The molecular formula is C17H18N2O2. The predicted molar refractivity (Wildman–Crippen MR) is 84.8 cm³/mol. The Balaban J connectivity index is 1.86. The number of benzene rings is 2. The molecule has 1 atom stereocenters. The maximum atomic E-state index is 11.2. The van der Waals surface area contributed by atoms with Crippen molar-refractivity contribution in [3.63, 3.8) is 0 Å². The first-order chi connectivity index (χ1) is 10.0. The average molecular weight is 282 g/mol. The highest BCUT2D eigenvalue weighted by Crippen LogP contribution is 2.23. The Morgan fingerprint density at radius 3 is 2.67 bits per heavy atom. The number of H-pyrrole nitrogens is 1. The van der Waals surface area contributed by atoms with Crippen LogP contribution in [0, 0.1) is 13.8 Å². The van der Waals surface area contributed by atoms with E-state index in [4.69, 9.17) is 4.42 Å². The average Bonchev–Trinajstić information content (AvgIpc) is 2.81. The molecule has 0 aliphatic rings. The van der Waals surface area contributed by atoms with E-state index in [1.165, 1.54) is 16.7 Å². The van der Waals surface area contributed by atoms with Crippen LogP contribution in [-0.2, 0) is 0 Å². The molecule has 0 bridgehead atoms. The first kappa shape index (κ1) is 13.5. The van der Waals surface area contributed by atoms with Gasteiger partial charge in [0.15, 0.2) is 5.58 Å². The van der Waals surface area contributed by atoms with E-state index in [0.717, 1.165) is 5.69 Å². The summed E-state index contributed by atoms with van der Waals surface area (Å²) in [6, 6.07) is 12.3. The summed E-state index contributed by atoms with van der Waals surface area (Å²) in [5, 5.41) is 3.44. The van der Waals surface area contributed by atoms with Crippen LogP contribution in [0.1, 0.15) is 29.7 Å². The number of oxazole rings is 1. The van der Waals surface area contributed by atoms with Crippen molar-refractivity contribution in [2.24, 2.45) is 0 Å². The number of hydrogen-bond donors (Lipinski definition) is 2. The first-order valence-corrected chi connectivity index (χ1v) is 6.99. The molecule has 0 fully saturated rings. The fourth-order valence-electron chi connectivity index (χ4n) is 2.41. The molecule has 0 saturated carbocycles. The van der Waals surface area contributed by atoms with Crippen LogP contribution in [0.2, 0.25) is 0 Å². The van der Waals surface area contributed by atoms with Crippen LogP contribution >= 0.6 is 0 Å². The molecule has 2 aromatic carbocycles. The molecule has 4 nitrogen and oxygen atoms in total. The van der Waals surface area contributed by atoms with Gasteiger partial charge in [0.25, 0.3) is 0 Å². The Morgan fingerprint density at radius 1 is 1.10 bits per heavy atom. The summed E-state index contributed by atoms with van der Waals surface area (Å²) in [5.41, 5.74) is 6.05. The van der Waals surface area contributed by atoms with Crippen LogP contribution in [0.3, 0.4) is 0 Å². The highest BCUT2D eigenvalue weighted by molar-refractivity contribution is 5.76. The van der Waals surface area contributed by atoms with Crippen LogP contribution in [-0.4, -0.2) is 4.98 Å². The first-order valence-electron chi connectivity index (χ1n) is 6.99. The summed E-state index contributed by atoms with van der Waals surface area (Å²) >= 11 is 0. The lowest BCUT2D eigenvalue weighted by Crippen LogP contribution is -2.07. The third-order valence-electron chi connectivity index (χ3n) is 3.83. The van der Waals surface area contributed by atoms with Gasteiger partial charge in [-0.15, -0.1) is 0 Å². The molecule has 0 saturated heterocycles. The van der Waals surface area contributed by atoms with Crippen molar-refractivity contribution in [2.75, 3.05) is 5.32 Å². The SMILES string of the molecule is Cc1ccc(C(C)Nc2ccc3oc(=O)[nH]c3c2)cc1C. The van der Waals surface area contributed by atoms with E-state index in [0.29, 0.717) is 11.1 Å². The van der Waals surface area contributed by atoms with Gasteiger partial charge in [-0.05, 0) is 55.7 Å². The lowest BCUT2D eigenvalue weighted by Gasteiger charge is -2.17. The molecule has 108 valence electrons. The number of anilines is 1. The molecule has 4 heteroatoms. The number of rotatable bonds is 3. The summed E-state index contributed by atoms with van der Waals surface area (Å²) in [6.07, 6.45) is 0. The highest BCUT2D eigenvalue weighted by atomic mass is 16.4. The zero-order valence-corrected chi connectivity index (χ0v) is 12.4. The van der Waals surface area contributed by atoms with Gasteiger partial charge in [0, 0.05) is 11.7 Å². The van der Waals surface area contributed by atoms with Crippen molar-refractivity contribution in [1.82, 2.24) is 4.98 Å². The predicted octanol–water partition coefficient (Wildman–Crippen LogP) is 3.91. The summed E-state index contributed by atoms with van der Waals surface area (Å²) in [6.45, 7) is 6.35. The van der Waals surface area contributed by atoms with E-state index in [-0.39, 0.29) is 6.04 Å². The van der Waals surface area contributed by atoms with E-state index in [1.54, 1.807) is 6.07 Å². The third-order valence-corrected chi connectivity index (χ3v) is 3.83. The lowest BCUT2D eigenvalue weighted by molar-refractivity contribution is 0.555. The fourth-order valence-corrected chi connectivity index (χ4v) is 2.41. The van der Waals surface area contributed by atoms with Crippen molar-refractivity contribution >= 4 is 16.8 Å². The van der Waals surface area contributed by atoms with Crippen molar-refractivity contribution in [3.05, 3.63) is 63.6 Å². The smallest absolute Gasteiger partial charge is 0.408 e. The molecular weight excluding hydrogens is 264 g/mol. The van der Waals surface area contributed by atoms with Crippen LogP contribution < -0.4 is 11.1 Å². The number of hydrogen-bond acceptors (Lipinski definition) is 3. The highest BCUT2D eigenvalue weighted by Gasteiger charge is 2.08. The van der Waals surface area contributed by atoms with Gasteiger partial charge in [-0.25, -0.2) is 4.79 Å². The van der Waals surface area contributed by atoms with Gasteiger partial charge in [-0.1, -0.05) is 18.2 Å². The van der Waals surface area contributed by atoms with Crippen molar-refractivity contribution in [3.8, 4) is 0 Å². The van der Waals surface area contributed by atoms with Crippen molar-refractivity contribution in [2.45, 2.75) is 26.8 Å². The molecule has 1 heterocycles. The summed E-state index contributed by atoms with van der Waals surface area (Å²) in [4.78, 5) is 13.8. The standard InChI is InChI=1S/C17H18N2O2/c1-10-4-5-13(8-11(10)2)12(3)18-14-6-7-16-15(9-14)19-17(20)21-16/h4-9,12,18H,1-3H3,(H,19,20). The van der Waals surface area contributed by atoms with E-state index in [2.05, 4.69) is 49.3 Å². The zero-order chi connectivity index (χ0) is 15.0. The van der Waals surface area contributed by atoms with Crippen LogP contribution in [0.15, 0.2) is 45.6 Å². The van der Waals surface area contributed by atoms with Gasteiger partial charge in [0.2, 0.25) is 0 Å². The topological polar surface area (TPSA) is 58.0 Å². The second-order valence-corrected chi connectivity index (χ2v) is 5.44. The van der Waals surface area contributed by atoms with Gasteiger partial charge in [0.1, 0.15) is 0 Å². The van der Waals surface area contributed by atoms with Crippen molar-refractivity contribution in [1.29, 1.82) is 0 Å². The van der Waals surface area contributed by atoms with Gasteiger partial charge >= 0.3 is 5.76 Å². The molecule has 1 aromatic heterocycles. The minimum atomic E-state index is -0.427. The molecule has 21 heavy (non-hydrogen) atoms. The van der Waals surface area contributed by atoms with Crippen molar-refractivity contribution < 1.29 is 4.42 Å². The Morgan fingerprint density at radius 2 is 1.90 bits per heavy atom. The van der Waals surface area contributed by atoms with Crippen LogP contribution in [0.4, 0.5) is 5.69 Å². The Kier molecular flexibility index (Phi) is 3.29. The van der Waals surface area contributed by atoms with Gasteiger partial charge in [0.05, 0.1) is 5.52 Å². The second-order valence-electron chi connectivity index (χ2n) is 5.44. The molecule has 0 spiro atoms. The number of nitrogens with one attached hydrogen (secondary N) is 2. The maximum absolute atomic E-state index is 11.2. The van der Waals surface area contributed by atoms with Crippen LogP contribution in [0.5, 0.6) is 0 Å². The number of aromatic nitrogens is 1. The molecule has 0 aliphatic carbocycles. The third kappa shape index (κ3) is 2.70. The largest absolute Gasteiger partial charge is 0.417 e. The fraction of sp³-hybridized carbons (Fsp3) is 0.235. The summed E-state index contributed by atoms with van der Waals surface area (Å²) in [7, 11) is 0. The summed E-state index contributed by atoms with van der Waals surface area (Å²) in [5.74, 6) is -0.427. The molecule has 2 N–H and O–H groups in total. The van der Waals surface area contributed by atoms with E-state index in [1.807, 2.05) is 12.1 Å². The Hall–Kier alpha value is -2.49. The minimum Gasteiger partial charge on any atom is -0.408 e. The van der Waals surface area contributed by atoms with Crippen LogP contribution in [0.25, 0.3) is 11.1 Å². The molecule has 3 aromatic rings. The molecule has 0 amide bonds. The van der Waals surface area contributed by atoms with E-state index >= 15 is 0 Å². The molecule has 1 unspecified atom stereocenters. The normalized spacial score (nSPS) is 12.5. The van der Waals surface area contributed by atoms with E-state index in [9.17, 15) is 4.79 Å². The molecule has 0 aliphatic heterocycles. The maximum Gasteiger partial charge on any atom is 0.417 e.